The maximum Gasteiger partial charge on any atom is 0.150 e. The smallest absolute Gasteiger partial charge is 0.150 e. The summed E-state index contributed by atoms with van der Waals surface area (Å²) in [7, 11) is 2.05. The predicted octanol–water partition coefficient (Wildman–Crippen LogP) is 3.96. The maximum absolute atomic E-state index is 9.02. The van der Waals surface area contributed by atoms with E-state index in [2.05, 4.69) is 16.7 Å². The molecule has 0 bridgehead atoms. The lowest BCUT2D eigenvalue weighted by Crippen LogP contribution is -1.96. The van der Waals surface area contributed by atoms with Crippen molar-refractivity contribution in [3.05, 3.63) is 40.3 Å². The van der Waals surface area contributed by atoms with Gasteiger partial charge in [0.1, 0.15) is 0 Å². The Bertz CT molecular complexity index is 859. The summed E-state index contributed by atoms with van der Waals surface area (Å²) in [6.07, 6.45) is 1.17. The van der Waals surface area contributed by atoms with Crippen LogP contribution >= 0.6 is 23.1 Å². The molecule has 0 fully saturated rings. The fraction of sp³-hybridized carbons (Fsp3) is 0.250. The quantitative estimate of drug-likeness (QED) is 0.683. The largest absolute Gasteiger partial charge is 0.326 e. The zero-order chi connectivity index (χ0) is 14.4. The van der Waals surface area contributed by atoms with Gasteiger partial charge in [-0.05, 0) is 42.0 Å². The lowest BCUT2D eigenvalue weighted by Gasteiger charge is -2.08. The van der Waals surface area contributed by atoms with E-state index in [-0.39, 0.29) is 0 Å². The van der Waals surface area contributed by atoms with Gasteiger partial charge in [0.15, 0.2) is 5.82 Å². The van der Waals surface area contributed by atoms with Gasteiger partial charge in [0.05, 0.1) is 27.5 Å². The van der Waals surface area contributed by atoms with Crippen LogP contribution in [0.5, 0.6) is 0 Å². The van der Waals surface area contributed by atoms with Crippen LogP contribution in [0, 0.1) is 11.3 Å². The second kappa shape index (κ2) is 4.90. The van der Waals surface area contributed by atoms with Crippen molar-refractivity contribution >= 4 is 34.1 Å². The molecule has 5 heteroatoms. The Kier molecular flexibility index (Phi) is 3.02. The molecule has 0 amide bonds. The standard InChI is InChI=1S/C16H13N3S2/c1-19-13-3-2-10(8-17)6-12(13)18-16(19)15-7-11-9-20-5-4-14(11)21-15/h2-3,6-7H,4-5,9H2,1H3. The van der Waals surface area contributed by atoms with Crippen LogP contribution in [0.15, 0.2) is 24.3 Å². The van der Waals surface area contributed by atoms with Crippen LogP contribution in [-0.2, 0) is 19.2 Å². The number of thioether (sulfide) groups is 1. The number of nitriles is 1. The summed E-state index contributed by atoms with van der Waals surface area (Å²) in [6, 6.07) is 10.2. The van der Waals surface area contributed by atoms with Gasteiger partial charge < -0.3 is 4.57 Å². The van der Waals surface area contributed by atoms with E-state index in [0.717, 1.165) is 22.6 Å². The molecule has 3 heterocycles. The molecule has 0 aliphatic carbocycles. The molecule has 0 atom stereocenters. The lowest BCUT2D eigenvalue weighted by molar-refractivity contribution is 0.963. The van der Waals surface area contributed by atoms with Crippen molar-refractivity contribution < 1.29 is 0 Å². The molecule has 21 heavy (non-hydrogen) atoms. The summed E-state index contributed by atoms with van der Waals surface area (Å²) in [5.74, 6) is 3.35. The average Bonchev–Trinajstić information content (AvgIpc) is 3.08. The molecule has 1 aliphatic heterocycles. The fourth-order valence-corrected chi connectivity index (χ4v) is 5.14. The third-order valence-electron chi connectivity index (χ3n) is 3.86. The van der Waals surface area contributed by atoms with E-state index >= 15 is 0 Å². The van der Waals surface area contributed by atoms with E-state index < -0.39 is 0 Å². The Balaban J connectivity index is 1.88. The number of hydrogen-bond donors (Lipinski definition) is 0. The molecule has 3 aromatic rings. The summed E-state index contributed by atoms with van der Waals surface area (Å²) in [4.78, 5) is 7.49. The number of thiophene rings is 1. The van der Waals surface area contributed by atoms with Gasteiger partial charge in [-0.2, -0.15) is 17.0 Å². The number of fused-ring (bicyclic) bond motifs is 2. The van der Waals surface area contributed by atoms with Gasteiger partial charge >= 0.3 is 0 Å². The zero-order valence-electron chi connectivity index (χ0n) is 11.6. The number of aryl methyl sites for hydroxylation is 2. The molecule has 1 aliphatic rings. The molecule has 0 saturated carbocycles. The van der Waals surface area contributed by atoms with Crippen molar-refractivity contribution in [3.8, 4) is 16.8 Å². The topological polar surface area (TPSA) is 41.6 Å². The van der Waals surface area contributed by atoms with E-state index in [1.807, 2.05) is 48.3 Å². The van der Waals surface area contributed by atoms with Gasteiger partial charge in [-0.3, -0.25) is 0 Å². The van der Waals surface area contributed by atoms with E-state index in [1.54, 1.807) is 0 Å². The van der Waals surface area contributed by atoms with Gasteiger partial charge in [-0.25, -0.2) is 4.98 Å². The zero-order valence-corrected chi connectivity index (χ0v) is 13.2. The van der Waals surface area contributed by atoms with Crippen LogP contribution in [0.2, 0.25) is 0 Å². The number of aromatic nitrogens is 2. The van der Waals surface area contributed by atoms with Crippen molar-refractivity contribution in [2.75, 3.05) is 5.75 Å². The number of rotatable bonds is 1. The van der Waals surface area contributed by atoms with E-state index in [9.17, 15) is 0 Å². The minimum atomic E-state index is 0.661. The normalized spacial score (nSPS) is 14.1. The fourth-order valence-electron chi connectivity index (χ4n) is 2.75. The molecule has 0 N–H and O–H groups in total. The monoisotopic (exact) mass is 311 g/mol. The molecular weight excluding hydrogens is 298 g/mol. The summed E-state index contributed by atoms with van der Waals surface area (Å²) in [5.41, 5.74) is 4.10. The molecule has 0 spiro atoms. The molecule has 1 aromatic carbocycles. The van der Waals surface area contributed by atoms with Crippen LogP contribution in [0.3, 0.4) is 0 Å². The van der Waals surface area contributed by atoms with Crippen LogP contribution in [-0.4, -0.2) is 15.3 Å². The Morgan fingerprint density at radius 3 is 3.05 bits per heavy atom. The second-order valence-electron chi connectivity index (χ2n) is 5.17. The lowest BCUT2D eigenvalue weighted by atomic mass is 10.2. The summed E-state index contributed by atoms with van der Waals surface area (Å²) in [5, 5.41) is 9.02. The minimum Gasteiger partial charge on any atom is -0.326 e. The van der Waals surface area contributed by atoms with Gasteiger partial charge in [-0.1, -0.05) is 0 Å². The van der Waals surface area contributed by atoms with Crippen LogP contribution in [0.25, 0.3) is 21.7 Å². The van der Waals surface area contributed by atoms with E-state index in [0.29, 0.717) is 5.56 Å². The van der Waals surface area contributed by atoms with E-state index in [1.165, 1.54) is 27.5 Å². The average molecular weight is 311 g/mol. The highest BCUT2D eigenvalue weighted by Crippen LogP contribution is 2.37. The highest BCUT2D eigenvalue weighted by atomic mass is 32.2. The van der Waals surface area contributed by atoms with Crippen LogP contribution in [0.1, 0.15) is 16.0 Å². The third kappa shape index (κ3) is 2.06. The Morgan fingerprint density at radius 2 is 2.24 bits per heavy atom. The third-order valence-corrected chi connectivity index (χ3v) is 6.10. The number of hydrogen-bond acceptors (Lipinski definition) is 4. The van der Waals surface area contributed by atoms with Gasteiger partial charge in [0.25, 0.3) is 0 Å². The Hall–Kier alpha value is -1.77. The van der Waals surface area contributed by atoms with Gasteiger partial charge in [0, 0.05) is 17.7 Å². The van der Waals surface area contributed by atoms with Crippen LogP contribution < -0.4 is 0 Å². The highest BCUT2D eigenvalue weighted by Gasteiger charge is 2.18. The molecule has 0 saturated heterocycles. The van der Waals surface area contributed by atoms with Gasteiger partial charge in [-0.15, -0.1) is 11.3 Å². The number of benzene rings is 1. The summed E-state index contributed by atoms with van der Waals surface area (Å²) < 4.78 is 2.13. The SMILES string of the molecule is Cn1c(-c2cc3c(s2)CCSC3)nc2cc(C#N)ccc21. The second-order valence-corrected chi connectivity index (χ2v) is 7.41. The molecule has 4 rings (SSSR count). The molecule has 0 unspecified atom stereocenters. The van der Waals surface area contributed by atoms with Crippen molar-refractivity contribution in [1.82, 2.24) is 9.55 Å². The Labute approximate surface area is 131 Å². The predicted molar refractivity (Wildman–Crippen MR) is 88.6 cm³/mol. The van der Waals surface area contributed by atoms with E-state index in [4.69, 9.17) is 10.2 Å². The summed E-state index contributed by atoms with van der Waals surface area (Å²) >= 11 is 3.87. The molecule has 2 aromatic heterocycles. The molecule has 3 nitrogen and oxygen atoms in total. The molecule has 0 radical (unpaired) electrons. The van der Waals surface area contributed by atoms with Gasteiger partial charge in [0.2, 0.25) is 0 Å². The first-order valence-corrected chi connectivity index (χ1v) is 8.79. The number of imidazole rings is 1. The Morgan fingerprint density at radius 1 is 1.33 bits per heavy atom. The van der Waals surface area contributed by atoms with Crippen molar-refractivity contribution in [1.29, 1.82) is 5.26 Å². The van der Waals surface area contributed by atoms with Crippen molar-refractivity contribution in [2.24, 2.45) is 7.05 Å². The number of nitrogens with zero attached hydrogens (tertiary/aromatic N) is 3. The first kappa shape index (κ1) is 12.9. The molecule has 104 valence electrons. The highest BCUT2D eigenvalue weighted by molar-refractivity contribution is 7.98. The minimum absolute atomic E-state index is 0.661. The first-order valence-electron chi connectivity index (χ1n) is 6.82. The van der Waals surface area contributed by atoms with Crippen LogP contribution in [0.4, 0.5) is 0 Å². The van der Waals surface area contributed by atoms with Crippen molar-refractivity contribution in [2.45, 2.75) is 12.2 Å². The first-order chi connectivity index (χ1) is 10.3. The maximum atomic E-state index is 9.02. The molecular formula is C16H13N3S2. The summed E-state index contributed by atoms with van der Waals surface area (Å²) in [6.45, 7) is 0. The van der Waals surface area contributed by atoms with Crippen molar-refractivity contribution in [3.63, 3.8) is 0 Å².